The molecule has 1 aliphatic rings. The normalized spacial score (nSPS) is 24.8. The SMILES string of the molecule is CC1(O)CCCN(c2nc(NN)ncc2F)C1. The van der Waals surface area contributed by atoms with E-state index in [-0.39, 0.29) is 11.8 Å². The highest BCUT2D eigenvalue weighted by Crippen LogP contribution is 2.26. The van der Waals surface area contributed by atoms with E-state index < -0.39 is 11.4 Å². The minimum atomic E-state index is -0.814. The number of β-amino-alcohol motifs (C(OH)–C–C–N with tert-alkyl or cyclic N) is 1. The maximum Gasteiger partial charge on any atom is 0.239 e. The van der Waals surface area contributed by atoms with Crippen LogP contribution in [0.15, 0.2) is 6.20 Å². The molecule has 1 aromatic rings. The van der Waals surface area contributed by atoms with Crippen molar-refractivity contribution in [3.8, 4) is 0 Å². The molecule has 0 bridgehead atoms. The Balaban J connectivity index is 2.26. The molecule has 2 rings (SSSR count). The molecule has 0 radical (unpaired) electrons. The summed E-state index contributed by atoms with van der Waals surface area (Å²) in [5.74, 6) is 5.01. The van der Waals surface area contributed by atoms with E-state index in [1.165, 1.54) is 0 Å². The van der Waals surface area contributed by atoms with Crippen LogP contribution in [-0.4, -0.2) is 33.8 Å². The fourth-order valence-electron chi connectivity index (χ4n) is 2.05. The van der Waals surface area contributed by atoms with Crippen molar-refractivity contribution in [1.29, 1.82) is 0 Å². The van der Waals surface area contributed by atoms with E-state index in [0.29, 0.717) is 19.5 Å². The van der Waals surface area contributed by atoms with Gasteiger partial charge in [0, 0.05) is 13.1 Å². The van der Waals surface area contributed by atoms with E-state index in [2.05, 4.69) is 15.4 Å². The molecule has 1 fully saturated rings. The van der Waals surface area contributed by atoms with Gasteiger partial charge in [0.25, 0.3) is 0 Å². The first-order valence-corrected chi connectivity index (χ1v) is 5.48. The molecule has 4 N–H and O–H groups in total. The number of piperidine rings is 1. The van der Waals surface area contributed by atoms with E-state index in [9.17, 15) is 9.50 Å². The first kappa shape index (κ1) is 12.0. The average Bonchev–Trinajstić information content (AvgIpc) is 2.28. The highest BCUT2D eigenvalue weighted by molar-refractivity contribution is 5.44. The van der Waals surface area contributed by atoms with E-state index in [1.54, 1.807) is 11.8 Å². The number of nitrogen functional groups attached to an aromatic ring is 1. The van der Waals surface area contributed by atoms with E-state index in [1.807, 2.05) is 0 Å². The van der Waals surface area contributed by atoms with Crippen LogP contribution in [0.5, 0.6) is 0 Å². The number of aromatic nitrogens is 2. The maximum atomic E-state index is 13.6. The van der Waals surface area contributed by atoms with Crippen LogP contribution >= 0.6 is 0 Å². The quantitative estimate of drug-likeness (QED) is 0.508. The molecule has 1 unspecified atom stereocenters. The number of hydrogen-bond donors (Lipinski definition) is 3. The number of nitrogens with two attached hydrogens (primary N) is 1. The van der Waals surface area contributed by atoms with Gasteiger partial charge in [-0.1, -0.05) is 0 Å². The summed E-state index contributed by atoms with van der Waals surface area (Å²) in [5.41, 5.74) is 1.46. The number of aliphatic hydroxyl groups is 1. The van der Waals surface area contributed by atoms with Crippen molar-refractivity contribution in [3.05, 3.63) is 12.0 Å². The predicted molar refractivity (Wildman–Crippen MR) is 61.9 cm³/mol. The summed E-state index contributed by atoms with van der Waals surface area (Å²) in [6.45, 7) is 2.75. The zero-order valence-corrected chi connectivity index (χ0v) is 9.65. The lowest BCUT2D eigenvalue weighted by atomic mass is 9.95. The Morgan fingerprint density at radius 3 is 3.06 bits per heavy atom. The van der Waals surface area contributed by atoms with Gasteiger partial charge in [-0.2, -0.15) is 4.98 Å². The molecule has 1 aliphatic heterocycles. The first-order chi connectivity index (χ1) is 8.02. The topological polar surface area (TPSA) is 87.3 Å². The van der Waals surface area contributed by atoms with Gasteiger partial charge in [-0.25, -0.2) is 15.2 Å². The molecule has 7 heteroatoms. The molecule has 94 valence electrons. The van der Waals surface area contributed by atoms with Crippen molar-refractivity contribution in [2.45, 2.75) is 25.4 Å². The molecule has 0 aromatic carbocycles. The van der Waals surface area contributed by atoms with Crippen LogP contribution < -0.4 is 16.2 Å². The third-order valence-corrected chi connectivity index (χ3v) is 2.83. The predicted octanol–water partition coefficient (Wildman–Crippen LogP) is 0.253. The van der Waals surface area contributed by atoms with E-state index in [0.717, 1.165) is 12.6 Å². The summed E-state index contributed by atoms with van der Waals surface area (Å²) in [6.07, 6.45) is 2.57. The zero-order chi connectivity index (χ0) is 12.5. The summed E-state index contributed by atoms with van der Waals surface area (Å²) >= 11 is 0. The summed E-state index contributed by atoms with van der Waals surface area (Å²) in [4.78, 5) is 9.36. The number of nitrogens with one attached hydrogen (secondary N) is 1. The monoisotopic (exact) mass is 241 g/mol. The number of hydrogen-bond acceptors (Lipinski definition) is 6. The molecule has 0 amide bonds. The second kappa shape index (κ2) is 4.42. The molecule has 2 heterocycles. The molecular formula is C10H16FN5O. The second-order valence-corrected chi connectivity index (χ2v) is 4.53. The van der Waals surface area contributed by atoms with Crippen molar-refractivity contribution in [2.75, 3.05) is 23.4 Å². The minimum Gasteiger partial charge on any atom is -0.388 e. The van der Waals surface area contributed by atoms with Crippen LogP contribution in [0.3, 0.4) is 0 Å². The van der Waals surface area contributed by atoms with Gasteiger partial charge in [0.15, 0.2) is 11.6 Å². The standard InChI is InChI=1S/C10H16FN5O/c1-10(17)3-2-4-16(6-10)8-7(11)5-13-9(14-8)15-12/h5,17H,2-4,6,12H2,1H3,(H,13,14,15). The zero-order valence-electron chi connectivity index (χ0n) is 9.65. The Labute approximate surface area is 98.6 Å². The molecule has 6 nitrogen and oxygen atoms in total. The number of nitrogens with zero attached hydrogens (tertiary/aromatic N) is 3. The van der Waals surface area contributed by atoms with Crippen molar-refractivity contribution in [2.24, 2.45) is 5.84 Å². The average molecular weight is 241 g/mol. The van der Waals surface area contributed by atoms with Gasteiger partial charge in [0.1, 0.15) is 0 Å². The Bertz CT molecular complexity index is 412. The van der Waals surface area contributed by atoms with Gasteiger partial charge < -0.3 is 10.0 Å². The fraction of sp³-hybridized carbons (Fsp3) is 0.600. The first-order valence-electron chi connectivity index (χ1n) is 5.48. The summed E-state index contributed by atoms with van der Waals surface area (Å²) in [5, 5.41) is 9.98. The lowest BCUT2D eigenvalue weighted by Crippen LogP contribution is -2.46. The third kappa shape index (κ3) is 2.62. The van der Waals surface area contributed by atoms with Crippen molar-refractivity contribution in [3.63, 3.8) is 0 Å². The number of anilines is 2. The summed E-state index contributed by atoms with van der Waals surface area (Å²) in [7, 11) is 0. The summed E-state index contributed by atoms with van der Waals surface area (Å²) < 4.78 is 13.6. The smallest absolute Gasteiger partial charge is 0.239 e. The Hall–Kier alpha value is -1.47. The Morgan fingerprint density at radius 2 is 2.41 bits per heavy atom. The van der Waals surface area contributed by atoms with Gasteiger partial charge >= 0.3 is 0 Å². The van der Waals surface area contributed by atoms with Crippen LogP contribution in [0.25, 0.3) is 0 Å². The lowest BCUT2D eigenvalue weighted by molar-refractivity contribution is 0.0445. The van der Waals surface area contributed by atoms with Gasteiger partial charge in [0.05, 0.1) is 11.8 Å². The third-order valence-electron chi connectivity index (χ3n) is 2.83. The van der Waals surface area contributed by atoms with Gasteiger partial charge in [-0.15, -0.1) is 0 Å². The molecule has 0 spiro atoms. The maximum absolute atomic E-state index is 13.6. The number of hydrazine groups is 1. The van der Waals surface area contributed by atoms with Crippen LogP contribution in [0.2, 0.25) is 0 Å². The Kier molecular flexibility index (Phi) is 3.12. The van der Waals surface area contributed by atoms with Gasteiger partial charge in [-0.3, -0.25) is 5.43 Å². The summed E-state index contributed by atoms with van der Waals surface area (Å²) in [6, 6.07) is 0. The van der Waals surface area contributed by atoms with Gasteiger partial charge in [0.2, 0.25) is 5.95 Å². The highest BCUT2D eigenvalue weighted by Gasteiger charge is 2.30. The number of rotatable bonds is 2. The number of halogens is 1. The molecule has 1 atom stereocenters. The molecule has 0 aliphatic carbocycles. The van der Waals surface area contributed by atoms with Crippen LogP contribution in [0, 0.1) is 5.82 Å². The molecule has 17 heavy (non-hydrogen) atoms. The fourth-order valence-corrected chi connectivity index (χ4v) is 2.05. The largest absolute Gasteiger partial charge is 0.388 e. The van der Waals surface area contributed by atoms with E-state index >= 15 is 0 Å². The highest BCUT2D eigenvalue weighted by atomic mass is 19.1. The van der Waals surface area contributed by atoms with Crippen LogP contribution in [-0.2, 0) is 0 Å². The van der Waals surface area contributed by atoms with E-state index in [4.69, 9.17) is 5.84 Å². The molecule has 0 saturated carbocycles. The van der Waals surface area contributed by atoms with Crippen LogP contribution in [0.4, 0.5) is 16.2 Å². The molecular weight excluding hydrogens is 225 g/mol. The van der Waals surface area contributed by atoms with Crippen molar-refractivity contribution in [1.82, 2.24) is 9.97 Å². The Morgan fingerprint density at radius 1 is 1.65 bits per heavy atom. The van der Waals surface area contributed by atoms with Crippen molar-refractivity contribution >= 4 is 11.8 Å². The lowest BCUT2D eigenvalue weighted by Gasteiger charge is -2.37. The van der Waals surface area contributed by atoms with Gasteiger partial charge in [-0.05, 0) is 19.8 Å². The molecule has 1 saturated heterocycles. The molecule has 1 aromatic heterocycles. The second-order valence-electron chi connectivity index (χ2n) is 4.53. The van der Waals surface area contributed by atoms with Crippen molar-refractivity contribution < 1.29 is 9.50 Å². The minimum absolute atomic E-state index is 0.159. The van der Waals surface area contributed by atoms with Crippen LogP contribution in [0.1, 0.15) is 19.8 Å².